The van der Waals surface area contributed by atoms with Gasteiger partial charge in [-0.1, -0.05) is 6.92 Å². The van der Waals surface area contributed by atoms with Crippen LogP contribution in [0, 0.1) is 5.92 Å². The summed E-state index contributed by atoms with van der Waals surface area (Å²) in [5.41, 5.74) is -0.815. The Morgan fingerprint density at radius 1 is 1.55 bits per heavy atom. The van der Waals surface area contributed by atoms with Crippen LogP contribution >= 0.6 is 0 Å². The highest BCUT2D eigenvalue weighted by Gasteiger charge is 2.33. The van der Waals surface area contributed by atoms with E-state index in [1.54, 1.807) is 14.0 Å². The second-order valence-corrected chi connectivity index (χ2v) is 6.08. The van der Waals surface area contributed by atoms with E-state index in [9.17, 15) is 9.90 Å². The van der Waals surface area contributed by atoms with Crippen molar-refractivity contribution in [1.29, 1.82) is 0 Å². The highest BCUT2D eigenvalue weighted by atomic mass is 16.5. The lowest BCUT2D eigenvalue weighted by Gasteiger charge is -2.35. The number of carboxylic acids is 1. The summed E-state index contributed by atoms with van der Waals surface area (Å²) >= 11 is 0. The Kier molecular flexibility index (Phi) is 7.48. The van der Waals surface area contributed by atoms with Crippen LogP contribution in [0.4, 0.5) is 0 Å². The summed E-state index contributed by atoms with van der Waals surface area (Å²) in [6, 6.07) is 0. The molecule has 0 amide bonds. The van der Waals surface area contributed by atoms with Crippen molar-refractivity contribution in [2.75, 3.05) is 39.9 Å². The molecule has 1 saturated heterocycles. The predicted octanol–water partition coefficient (Wildman–Crippen LogP) is 1.58. The van der Waals surface area contributed by atoms with Crippen LogP contribution in [0.2, 0.25) is 0 Å². The van der Waals surface area contributed by atoms with Crippen LogP contribution in [0.3, 0.4) is 0 Å². The molecule has 0 aromatic heterocycles. The van der Waals surface area contributed by atoms with Gasteiger partial charge in [-0.3, -0.25) is 4.79 Å². The summed E-state index contributed by atoms with van der Waals surface area (Å²) in [5, 5.41) is 12.6. The summed E-state index contributed by atoms with van der Waals surface area (Å²) in [4.78, 5) is 13.8. The van der Waals surface area contributed by atoms with E-state index in [-0.39, 0.29) is 0 Å². The van der Waals surface area contributed by atoms with Crippen molar-refractivity contribution in [3.8, 4) is 0 Å². The fourth-order valence-electron chi connectivity index (χ4n) is 2.78. The topological polar surface area (TPSA) is 61.8 Å². The molecule has 0 bridgehead atoms. The first-order valence-electron chi connectivity index (χ1n) is 7.71. The number of ether oxygens (including phenoxy) is 1. The average molecular weight is 286 g/mol. The molecule has 0 aliphatic carbocycles. The summed E-state index contributed by atoms with van der Waals surface area (Å²) in [6.45, 7) is 8.33. The van der Waals surface area contributed by atoms with Gasteiger partial charge in [-0.2, -0.15) is 0 Å². The molecule has 0 radical (unpaired) electrons. The first kappa shape index (κ1) is 17.4. The fourth-order valence-corrected chi connectivity index (χ4v) is 2.78. The lowest BCUT2D eigenvalue weighted by Crippen LogP contribution is -2.52. The normalized spacial score (nSPS) is 23.4. The lowest BCUT2D eigenvalue weighted by atomic mass is 9.95. The van der Waals surface area contributed by atoms with Gasteiger partial charge in [-0.15, -0.1) is 0 Å². The van der Waals surface area contributed by atoms with Gasteiger partial charge < -0.3 is 20.1 Å². The standard InChI is InChI=1S/C15H30N2O3/c1-4-8-16-15(2,14(18)19)7-10-17-9-5-6-13(11-17)12-20-3/h13,16H,4-12H2,1-3H3,(H,18,19). The molecule has 5 heteroatoms. The maximum atomic E-state index is 11.5. The molecule has 0 saturated carbocycles. The Balaban J connectivity index is 2.44. The zero-order valence-electron chi connectivity index (χ0n) is 13.2. The number of aliphatic carboxylic acids is 1. The number of likely N-dealkylation sites (tertiary alicyclic amines) is 1. The molecule has 1 rings (SSSR count). The molecule has 1 fully saturated rings. The molecule has 1 aliphatic heterocycles. The summed E-state index contributed by atoms with van der Waals surface area (Å²) < 4.78 is 5.23. The molecule has 118 valence electrons. The minimum Gasteiger partial charge on any atom is -0.480 e. The van der Waals surface area contributed by atoms with Gasteiger partial charge in [-0.05, 0) is 51.6 Å². The Morgan fingerprint density at radius 2 is 2.30 bits per heavy atom. The monoisotopic (exact) mass is 286 g/mol. The number of hydrogen-bond acceptors (Lipinski definition) is 4. The van der Waals surface area contributed by atoms with Crippen molar-refractivity contribution in [2.45, 2.75) is 45.1 Å². The zero-order valence-corrected chi connectivity index (χ0v) is 13.2. The quantitative estimate of drug-likeness (QED) is 0.674. The van der Waals surface area contributed by atoms with Crippen molar-refractivity contribution in [2.24, 2.45) is 5.92 Å². The number of nitrogens with one attached hydrogen (secondary N) is 1. The Labute approximate surface area is 122 Å². The van der Waals surface area contributed by atoms with E-state index in [2.05, 4.69) is 17.1 Å². The first-order chi connectivity index (χ1) is 9.51. The third-order valence-electron chi connectivity index (χ3n) is 4.17. The van der Waals surface area contributed by atoms with Gasteiger partial charge in [0.15, 0.2) is 0 Å². The maximum absolute atomic E-state index is 11.5. The Morgan fingerprint density at radius 3 is 2.90 bits per heavy atom. The Bertz CT molecular complexity index is 297. The Hall–Kier alpha value is -0.650. The van der Waals surface area contributed by atoms with E-state index in [1.165, 1.54) is 12.8 Å². The van der Waals surface area contributed by atoms with Crippen molar-refractivity contribution < 1.29 is 14.6 Å². The highest BCUT2D eigenvalue weighted by molar-refractivity contribution is 5.78. The molecule has 5 nitrogen and oxygen atoms in total. The van der Waals surface area contributed by atoms with Crippen molar-refractivity contribution in [1.82, 2.24) is 10.2 Å². The minimum absolute atomic E-state index is 0.591. The molecule has 0 aromatic rings. The zero-order chi connectivity index (χ0) is 15.0. The van der Waals surface area contributed by atoms with Gasteiger partial charge in [0.1, 0.15) is 5.54 Å². The molecule has 2 N–H and O–H groups in total. The van der Waals surface area contributed by atoms with E-state index in [0.29, 0.717) is 12.3 Å². The molecule has 1 aliphatic rings. The number of carbonyl (C=O) groups is 1. The molecule has 2 atom stereocenters. The van der Waals surface area contributed by atoms with Gasteiger partial charge in [0.05, 0.1) is 6.61 Å². The van der Waals surface area contributed by atoms with E-state index in [0.717, 1.165) is 39.2 Å². The molecular formula is C15H30N2O3. The van der Waals surface area contributed by atoms with Crippen LogP contribution < -0.4 is 5.32 Å². The van der Waals surface area contributed by atoms with Crippen molar-refractivity contribution >= 4 is 5.97 Å². The fraction of sp³-hybridized carbons (Fsp3) is 0.933. The number of hydrogen-bond donors (Lipinski definition) is 2. The van der Waals surface area contributed by atoms with Crippen LogP contribution in [0.1, 0.15) is 39.5 Å². The van der Waals surface area contributed by atoms with Gasteiger partial charge in [0.25, 0.3) is 0 Å². The van der Waals surface area contributed by atoms with E-state index < -0.39 is 11.5 Å². The third-order valence-corrected chi connectivity index (χ3v) is 4.17. The largest absolute Gasteiger partial charge is 0.480 e. The van der Waals surface area contributed by atoms with Gasteiger partial charge in [0, 0.05) is 20.2 Å². The molecule has 0 spiro atoms. The third kappa shape index (κ3) is 5.38. The number of nitrogens with zero attached hydrogens (tertiary/aromatic N) is 1. The van der Waals surface area contributed by atoms with E-state index >= 15 is 0 Å². The second kappa shape index (κ2) is 8.60. The summed E-state index contributed by atoms with van der Waals surface area (Å²) in [5.74, 6) is -0.162. The van der Waals surface area contributed by atoms with Crippen LogP contribution in [-0.2, 0) is 9.53 Å². The van der Waals surface area contributed by atoms with Crippen LogP contribution in [-0.4, -0.2) is 61.4 Å². The molecular weight excluding hydrogens is 256 g/mol. The number of rotatable bonds is 9. The highest BCUT2D eigenvalue weighted by Crippen LogP contribution is 2.19. The SMILES string of the molecule is CCCNC(C)(CCN1CCCC(COC)C1)C(=O)O. The minimum atomic E-state index is -0.815. The summed E-state index contributed by atoms with van der Waals surface area (Å²) in [6.07, 6.45) is 3.99. The van der Waals surface area contributed by atoms with Crippen LogP contribution in [0.15, 0.2) is 0 Å². The smallest absolute Gasteiger partial charge is 0.323 e. The second-order valence-electron chi connectivity index (χ2n) is 6.08. The van der Waals surface area contributed by atoms with Gasteiger partial charge >= 0.3 is 5.97 Å². The van der Waals surface area contributed by atoms with Crippen molar-refractivity contribution in [3.05, 3.63) is 0 Å². The lowest BCUT2D eigenvalue weighted by molar-refractivity contribution is -0.144. The predicted molar refractivity (Wildman–Crippen MR) is 80.0 cm³/mol. The van der Waals surface area contributed by atoms with E-state index in [1.807, 2.05) is 0 Å². The maximum Gasteiger partial charge on any atom is 0.323 e. The first-order valence-corrected chi connectivity index (χ1v) is 7.71. The van der Waals surface area contributed by atoms with Crippen LogP contribution in [0.5, 0.6) is 0 Å². The molecule has 0 aromatic carbocycles. The molecule has 20 heavy (non-hydrogen) atoms. The number of methoxy groups -OCH3 is 1. The summed E-state index contributed by atoms with van der Waals surface area (Å²) in [7, 11) is 1.75. The number of piperidine rings is 1. The van der Waals surface area contributed by atoms with Gasteiger partial charge in [-0.25, -0.2) is 0 Å². The van der Waals surface area contributed by atoms with Crippen LogP contribution in [0.25, 0.3) is 0 Å². The molecule has 1 heterocycles. The average Bonchev–Trinajstić information content (AvgIpc) is 2.43. The van der Waals surface area contributed by atoms with Gasteiger partial charge in [0.2, 0.25) is 0 Å². The number of carboxylic acid groups (broad SMARTS) is 1. The van der Waals surface area contributed by atoms with Crippen molar-refractivity contribution in [3.63, 3.8) is 0 Å². The molecule has 2 unspecified atom stereocenters. The van der Waals surface area contributed by atoms with E-state index in [4.69, 9.17) is 4.74 Å².